The van der Waals surface area contributed by atoms with Crippen molar-refractivity contribution in [3.05, 3.63) is 70.1 Å². The van der Waals surface area contributed by atoms with Crippen LogP contribution in [0.2, 0.25) is 0 Å². The number of carbonyl (C=O) groups excluding carboxylic acids is 2. The summed E-state index contributed by atoms with van der Waals surface area (Å²) < 4.78 is 10.9. The lowest BCUT2D eigenvalue weighted by molar-refractivity contribution is -0.115. The Morgan fingerprint density at radius 1 is 1.15 bits per heavy atom. The molecule has 1 amide bonds. The quantitative estimate of drug-likeness (QED) is 0.483. The van der Waals surface area contributed by atoms with Crippen LogP contribution in [0.5, 0.6) is 5.75 Å². The van der Waals surface area contributed by atoms with Crippen molar-refractivity contribution in [3.8, 4) is 5.75 Å². The van der Waals surface area contributed by atoms with Crippen LogP contribution < -0.4 is 10.1 Å². The van der Waals surface area contributed by atoms with Gasteiger partial charge >= 0.3 is 5.97 Å². The molecule has 2 aromatic rings. The molecule has 0 saturated carbocycles. The standard InChI is InChI=1S/C19H15NO4S2/c1-23-18(22)14-6-2-13(3-7-14)11-24-15-8-4-12(5-9-15)10-16-17(21)20-19(25)26-16/h2-10H,11H2,1H3,(H,20,21,25)/b16-10+. The van der Waals surface area contributed by atoms with Gasteiger partial charge in [-0.3, -0.25) is 4.79 Å². The Balaban J connectivity index is 1.59. The van der Waals surface area contributed by atoms with E-state index in [1.54, 1.807) is 18.2 Å². The second-order valence-electron chi connectivity index (χ2n) is 5.40. The summed E-state index contributed by atoms with van der Waals surface area (Å²) in [4.78, 5) is 23.6. The molecular weight excluding hydrogens is 370 g/mol. The van der Waals surface area contributed by atoms with E-state index in [9.17, 15) is 9.59 Å². The minimum atomic E-state index is -0.364. The molecule has 26 heavy (non-hydrogen) atoms. The lowest BCUT2D eigenvalue weighted by Crippen LogP contribution is -2.17. The van der Waals surface area contributed by atoms with E-state index in [-0.39, 0.29) is 11.9 Å². The summed E-state index contributed by atoms with van der Waals surface area (Å²) in [5.74, 6) is 0.177. The highest BCUT2D eigenvalue weighted by molar-refractivity contribution is 8.26. The first-order chi connectivity index (χ1) is 12.5. The molecule has 2 aromatic carbocycles. The third-order valence-electron chi connectivity index (χ3n) is 3.60. The van der Waals surface area contributed by atoms with Crippen molar-refractivity contribution in [3.63, 3.8) is 0 Å². The predicted octanol–water partition coefficient (Wildman–Crippen LogP) is 3.54. The maximum absolute atomic E-state index is 11.7. The van der Waals surface area contributed by atoms with E-state index in [2.05, 4.69) is 10.1 Å². The van der Waals surface area contributed by atoms with Crippen molar-refractivity contribution in [1.29, 1.82) is 0 Å². The Kier molecular flexibility index (Phi) is 5.70. The Morgan fingerprint density at radius 2 is 1.85 bits per heavy atom. The largest absolute Gasteiger partial charge is 0.489 e. The Bertz CT molecular complexity index is 873. The molecule has 1 aliphatic rings. The van der Waals surface area contributed by atoms with Crippen molar-refractivity contribution in [2.24, 2.45) is 0 Å². The number of amides is 1. The van der Waals surface area contributed by atoms with Crippen LogP contribution in [0.3, 0.4) is 0 Å². The zero-order valence-corrected chi connectivity index (χ0v) is 15.5. The number of thioether (sulfide) groups is 1. The number of ether oxygens (including phenoxy) is 2. The van der Waals surface area contributed by atoms with Gasteiger partial charge in [0.25, 0.3) is 5.91 Å². The average molecular weight is 385 g/mol. The molecule has 0 aliphatic carbocycles. The van der Waals surface area contributed by atoms with Gasteiger partial charge in [0.1, 0.15) is 16.7 Å². The zero-order valence-electron chi connectivity index (χ0n) is 13.9. The van der Waals surface area contributed by atoms with Crippen LogP contribution in [-0.4, -0.2) is 23.3 Å². The van der Waals surface area contributed by atoms with Gasteiger partial charge in [-0.05, 0) is 41.5 Å². The predicted molar refractivity (Wildman–Crippen MR) is 105 cm³/mol. The number of thiocarbonyl (C=S) groups is 1. The van der Waals surface area contributed by atoms with Crippen molar-refractivity contribution in [2.45, 2.75) is 6.61 Å². The first kappa shape index (κ1) is 18.2. The molecular formula is C19H15NO4S2. The van der Waals surface area contributed by atoms with Crippen LogP contribution in [0, 0.1) is 0 Å². The summed E-state index contributed by atoms with van der Waals surface area (Å²) in [6.07, 6.45) is 1.79. The highest BCUT2D eigenvalue weighted by Gasteiger charge is 2.21. The number of rotatable bonds is 5. The van der Waals surface area contributed by atoms with E-state index < -0.39 is 0 Å². The highest BCUT2D eigenvalue weighted by atomic mass is 32.2. The Labute approximate surface area is 160 Å². The van der Waals surface area contributed by atoms with Crippen LogP contribution in [0.15, 0.2) is 53.4 Å². The van der Waals surface area contributed by atoms with Crippen LogP contribution in [0.25, 0.3) is 6.08 Å². The van der Waals surface area contributed by atoms with Gasteiger partial charge in [0.2, 0.25) is 0 Å². The molecule has 5 nitrogen and oxygen atoms in total. The SMILES string of the molecule is COC(=O)c1ccc(COc2ccc(/C=C3/SC(=S)NC3=O)cc2)cc1. The van der Waals surface area contributed by atoms with Crippen LogP contribution in [0.1, 0.15) is 21.5 Å². The molecule has 0 bridgehead atoms. The fourth-order valence-electron chi connectivity index (χ4n) is 2.25. The second-order valence-corrected chi connectivity index (χ2v) is 7.12. The Morgan fingerprint density at radius 3 is 2.42 bits per heavy atom. The fourth-order valence-corrected chi connectivity index (χ4v) is 3.30. The van der Waals surface area contributed by atoms with E-state index in [0.717, 1.165) is 11.1 Å². The number of carbonyl (C=O) groups is 2. The summed E-state index contributed by atoms with van der Waals surface area (Å²) in [6, 6.07) is 14.5. The zero-order chi connectivity index (χ0) is 18.5. The first-order valence-electron chi connectivity index (χ1n) is 7.70. The molecule has 1 aliphatic heterocycles. The number of methoxy groups -OCH3 is 1. The van der Waals surface area contributed by atoms with Gasteiger partial charge in [0.05, 0.1) is 17.6 Å². The van der Waals surface area contributed by atoms with E-state index in [1.807, 2.05) is 36.4 Å². The third-order valence-corrected chi connectivity index (χ3v) is 4.76. The number of esters is 1. The van der Waals surface area contributed by atoms with E-state index in [4.69, 9.17) is 17.0 Å². The molecule has 0 aromatic heterocycles. The molecule has 1 saturated heterocycles. The number of hydrogen-bond donors (Lipinski definition) is 1. The minimum absolute atomic E-state index is 0.171. The smallest absolute Gasteiger partial charge is 0.337 e. The normalized spacial score (nSPS) is 15.0. The van der Waals surface area contributed by atoms with Crippen molar-refractivity contribution >= 4 is 46.3 Å². The average Bonchev–Trinajstić information content (AvgIpc) is 2.98. The first-order valence-corrected chi connectivity index (χ1v) is 8.92. The Hall–Kier alpha value is -2.64. The number of benzene rings is 2. The molecule has 3 rings (SSSR count). The molecule has 1 heterocycles. The second kappa shape index (κ2) is 8.16. The van der Waals surface area contributed by atoms with Crippen molar-refractivity contribution < 1.29 is 19.1 Å². The van der Waals surface area contributed by atoms with Gasteiger partial charge in [-0.1, -0.05) is 48.2 Å². The highest BCUT2D eigenvalue weighted by Crippen LogP contribution is 2.26. The number of nitrogens with one attached hydrogen (secondary N) is 1. The van der Waals surface area contributed by atoms with Crippen molar-refractivity contribution in [1.82, 2.24) is 5.32 Å². The maximum Gasteiger partial charge on any atom is 0.337 e. The van der Waals surface area contributed by atoms with Gasteiger partial charge in [-0.25, -0.2) is 4.79 Å². The van der Waals surface area contributed by atoms with Gasteiger partial charge < -0.3 is 14.8 Å². The van der Waals surface area contributed by atoms with Gasteiger partial charge in [-0.2, -0.15) is 0 Å². The molecule has 0 spiro atoms. The molecule has 132 valence electrons. The van der Waals surface area contributed by atoms with Gasteiger partial charge in [-0.15, -0.1) is 0 Å². The third kappa shape index (κ3) is 4.50. The summed E-state index contributed by atoms with van der Waals surface area (Å²) >= 11 is 6.22. The van der Waals surface area contributed by atoms with Gasteiger partial charge in [0.15, 0.2) is 0 Å². The fraction of sp³-hybridized carbons (Fsp3) is 0.105. The lowest BCUT2D eigenvalue weighted by Gasteiger charge is -2.07. The molecule has 7 heteroatoms. The molecule has 0 unspecified atom stereocenters. The van der Waals surface area contributed by atoms with Crippen LogP contribution in [0.4, 0.5) is 0 Å². The van der Waals surface area contributed by atoms with E-state index in [0.29, 0.717) is 27.1 Å². The monoisotopic (exact) mass is 385 g/mol. The summed E-state index contributed by atoms with van der Waals surface area (Å²) in [6.45, 7) is 0.383. The van der Waals surface area contributed by atoms with Crippen LogP contribution in [-0.2, 0) is 16.1 Å². The lowest BCUT2D eigenvalue weighted by atomic mass is 10.1. The molecule has 1 fully saturated rings. The summed E-state index contributed by atoms with van der Waals surface area (Å²) in [5, 5.41) is 2.59. The minimum Gasteiger partial charge on any atom is -0.489 e. The number of hydrogen-bond acceptors (Lipinski definition) is 6. The van der Waals surface area contributed by atoms with Crippen LogP contribution >= 0.6 is 24.0 Å². The van der Waals surface area contributed by atoms with Gasteiger partial charge in [0, 0.05) is 0 Å². The maximum atomic E-state index is 11.7. The van der Waals surface area contributed by atoms with E-state index >= 15 is 0 Å². The van der Waals surface area contributed by atoms with Crippen molar-refractivity contribution in [2.75, 3.05) is 7.11 Å². The molecule has 0 atom stereocenters. The topological polar surface area (TPSA) is 64.6 Å². The summed E-state index contributed by atoms with van der Waals surface area (Å²) in [7, 11) is 1.35. The molecule has 1 N–H and O–H groups in total. The molecule has 0 radical (unpaired) electrons. The van der Waals surface area contributed by atoms with E-state index in [1.165, 1.54) is 18.9 Å². The summed E-state index contributed by atoms with van der Waals surface area (Å²) in [5.41, 5.74) is 2.33.